The van der Waals surface area contributed by atoms with Crippen LogP contribution >= 0.6 is 48.7 Å². The number of esters is 2. The number of carbonyl (C=O) groups excluding carboxylic acids is 2. The first-order valence-corrected chi connectivity index (χ1v) is 22.6. The molecular formula is C10H10I2O4STe. The molecule has 4 nitrogen and oxygen atoms in total. The summed E-state index contributed by atoms with van der Waals surface area (Å²) in [7, 11) is 0.754. The Labute approximate surface area is 132 Å². The van der Waals surface area contributed by atoms with E-state index in [-0.39, 0.29) is 11.9 Å². The van der Waals surface area contributed by atoms with E-state index in [0.717, 1.165) is 20.1 Å². The van der Waals surface area contributed by atoms with Crippen molar-refractivity contribution in [1.29, 1.82) is 0 Å². The van der Waals surface area contributed by atoms with Gasteiger partial charge in [0.2, 0.25) is 0 Å². The summed E-state index contributed by atoms with van der Waals surface area (Å²) in [6.07, 6.45) is 0. The minimum atomic E-state index is -1.98. The van der Waals surface area contributed by atoms with Gasteiger partial charge in [0, 0.05) is 0 Å². The van der Waals surface area contributed by atoms with Gasteiger partial charge in [0.05, 0.1) is 0 Å². The Morgan fingerprint density at radius 3 is 1.78 bits per heavy atom. The molecule has 1 aromatic heterocycles. The summed E-state index contributed by atoms with van der Waals surface area (Å²) < 4.78 is 11.5. The second kappa shape index (κ2) is 5.71. The second-order valence-corrected chi connectivity index (χ2v) is 44.3. The van der Waals surface area contributed by atoms with Gasteiger partial charge in [-0.15, -0.1) is 0 Å². The number of ether oxygens (including phenoxy) is 2. The first-order valence-electron chi connectivity index (χ1n) is 4.88. The third-order valence-corrected chi connectivity index (χ3v) is 16.2. The summed E-state index contributed by atoms with van der Waals surface area (Å²) in [5.74, 6) is -0.695. The van der Waals surface area contributed by atoms with Crippen molar-refractivity contribution in [3.8, 4) is 0 Å². The van der Waals surface area contributed by atoms with Crippen molar-refractivity contribution in [2.45, 2.75) is 8.94 Å². The number of hydrogen-bond acceptors (Lipinski definition) is 5. The fraction of sp³-hybridized carbons (Fsp3) is 0.400. The molecule has 1 aromatic rings. The Morgan fingerprint density at radius 2 is 1.44 bits per heavy atom. The van der Waals surface area contributed by atoms with E-state index < -0.39 is 10.3 Å². The number of fused-ring (bicyclic) bond motifs is 1. The molecule has 2 rings (SSSR count). The fourth-order valence-electron chi connectivity index (χ4n) is 1.79. The van der Waals surface area contributed by atoms with Gasteiger partial charge in [0.25, 0.3) is 0 Å². The van der Waals surface area contributed by atoms with Gasteiger partial charge in [-0.1, -0.05) is 0 Å². The van der Waals surface area contributed by atoms with Crippen molar-refractivity contribution in [2.24, 2.45) is 0 Å². The molecule has 100 valence electrons. The minimum absolute atomic E-state index is 0.347. The predicted molar refractivity (Wildman–Crippen MR) is 88.2 cm³/mol. The first kappa shape index (κ1) is 15.3. The van der Waals surface area contributed by atoms with Crippen LogP contribution in [-0.2, 0) is 18.4 Å². The molecule has 0 saturated heterocycles. The van der Waals surface area contributed by atoms with Crippen molar-refractivity contribution in [3.05, 3.63) is 20.9 Å². The maximum atomic E-state index is 11.8. The normalized spacial score (nSPS) is 18.0. The van der Waals surface area contributed by atoms with Gasteiger partial charge in [-0.25, -0.2) is 0 Å². The molecular weight excluding hydrogens is 598 g/mol. The van der Waals surface area contributed by atoms with Gasteiger partial charge in [0.15, 0.2) is 0 Å². The zero-order chi connectivity index (χ0) is 13.5. The molecule has 18 heavy (non-hydrogen) atoms. The van der Waals surface area contributed by atoms with E-state index in [1.807, 2.05) is 0 Å². The van der Waals surface area contributed by atoms with Crippen molar-refractivity contribution >= 4 is 71.0 Å². The molecule has 0 bridgehead atoms. The maximum absolute atomic E-state index is 11.8. The molecule has 2 heterocycles. The molecule has 0 unspecified atom stereocenters. The number of halogens is 2. The van der Waals surface area contributed by atoms with Gasteiger partial charge in [-0.05, 0) is 0 Å². The van der Waals surface area contributed by atoms with Crippen LogP contribution in [0.1, 0.15) is 30.5 Å². The predicted octanol–water partition coefficient (Wildman–Crippen LogP) is 2.81. The Hall–Kier alpha value is 0.890. The number of methoxy groups -OCH3 is 2. The zero-order valence-electron chi connectivity index (χ0n) is 9.62. The summed E-state index contributed by atoms with van der Waals surface area (Å²) in [5, 5.41) is 0. The summed E-state index contributed by atoms with van der Waals surface area (Å²) in [6.45, 7) is 0. The molecule has 1 aliphatic heterocycles. The number of rotatable bonds is 2. The Balaban J connectivity index is 2.53. The SMILES string of the molecule is COC(=O)c1sc(C(=O)OC)c2c1C[Te](I)(I)C2. The average Bonchev–Trinajstić information content (AvgIpc) is 2.80. The van der Waals surface area contributed by atoms with E-state index in [0.29, 0.717) is 9.75 Å². The first-order chi connectivity index (χ1) is 8.39. The van der Waals surface area contributed by atoms with Crippen LogP contribution in [0.4, 0.5) is 0 Å². The average molecular weight is 608 g/mol. The third kappa shape index (κ3) is 2.82. The van der Waals surface area contributed by atoms with Gasteiger partial charge in [-0.2, -0.15) is 0 Å². The van der Waals surface area contributed by atoms with Crippen LogP contribution in [-0.4, -0.2) is 36.4 Å². The number of thiophene rings is 1. The van der Waals surface area contributed by atoms with Gasteiger partial charge >= 0.3 is 134 Å². The number of hydrogen-bond donors (Lipinski definition) is 0. The Bertz CT molecular complexity index is 484. The molecule has 0 N–H and O–H groups in total. The Morgan fingerprint density at radius 1 is 1.06 bits per heavy atom. The van der Waals surface area contributed by atoms with Crippen LogP contribution < -0.4 is 0 Å². The fourth-order valence-corrected chi connectivity index (χ4v) is 16.4. The summed E-state index contributed by atoms with van der Waals surface area (Å²) in [4.78, 5) is 24.7. The monoisotopic (exact) mass is 610 g/mol. The molecule has 8 heteroatoms. The van der Waals surface area contributed by atoms with Crippen LogP contribution in [0.15, 0.2) is 0 Å². The van der Waals surface area contributed by atoms with E-state index in [1.54, 1.807) is 0 Å². The van der Waals surface area contributed by atoms with Crippen molar-refractivity contribution in [1.82, 2.24) is 0 Å². The molecule has 0 atom stereocenters. The van der Waals surface area contributed by atoms with Gasteiger partial charge in [-0.3, -0.25) is 0 Å². The second-order valence-electron chi connectivity index (χ2n) is 3.69. The van der Waals surface area contributed by atoms with Crippen LogP contribution in [0.5, 0.6) is 0 Å². The van der Waals surface area contributed by atoms with Gasteiger partial charge < -0.3 is 0 Å². The number of carbonyl (C=O) groups is 2. The van der Waals surface area contributed by atoms with Crippen molar-refractivity contribution in [2.75, 3.05) is 14.2 Å². The molecule has 0 fully saturated rings. The Kier molecular flexibility index (Phi) is 4.85. The van der Waals surface area contributed by atoms with E-state index in [1.165, 1.54) is 25.6 Å². The molecule has 0 saturated carbocycles. The third-order valence-electron chi connectivity index (χ3n) is 2.57. The standard InChI is InChI=1S/C10H10I2O4STe/c1-15-9(13)7-5-3-18(11,12)4-6(5)8(17-7)10(14)16-2/h3-4H2,1-2H3. The van der Waals surface area contributed by atoms with Crippen LogP contribution in [0, 0.1) is 0 Å². The molecule has 0 spiro atoms. The van der Waals surface area contributed by atoms with E-state index in [4.69, 9.17) is 9.47 Å². The van der Waals surface area contributed by atoms with Crippen LogP contribution in [0.3, 0.4) is 0 Å². The molecule has 0 radical (unpaired) electrons. The zero-order valence-corrected chi connectivity index (χ0v) is 17.1. The van der Waals surface area contributed by atoms with E-state index >= 15 is 0 Å². The van der Waals surface area contributed by atoms with Gasteiger partial charge in [0.1, 0.15) is 0 Å². The van der Waals surface area contributed by atoms with E-state index in [9.17, 15) is 9.59 Å². The summed E-state index contributed by atoms with van der Waals surface area (Å²) in [5.41, 5.74) is 2.05. The molecule has 1 aliphatic rings. The molecule has 0 aromatic carbocycles. The van der Waals surface area contributed by atoms with Crippen molar-refractivity contribution < 1.29 is 19.1 Å². The van der Waals surface area contributed by atoms with Crippen LogP contribution in [0.2, 0.25) is 0 Å². The van der Waals surface area contributed by atoms with E-state index in [2.05, 4.69) is 37.4 Å². The summed E-state index contributed by atoms with van der Waals surface area (Å²) >= 11 is 6.28. The molecule has 0 aliphatic carbocycles. The van der Waals surface area contributed by atoms with Crippen LogP contribution in [0.25, 0.3) is 0 Å². The topological polar surface area (TPSA) is 52.6 Å². The van der Waals surface area contributed by atoms with Crippen molar-refractivity contribution in [3.63, 3.8) is 0 Å². The summed E-state index contributed by atoms with van der Waals surface area (Å²) in [6, 6.07) is 0. The quantitative estimate of drug-likeness (QED) is 0.295. The molecule has 0 amide bonds.